The number of nitrogens with one attached hydrogen (secondary N) is 2. The van der Waals surface area contributed by atoms with Gasteiger partial charge in [0.15, 0.2) is 0 Å². The monoisotopic (exact) mass is 254 g/mol. The second-order valence-electron chi connectivity index (χ2n) is 4.36. The van der Waals surface area contributed by atoms with E-state index in [-0.39, 0.29) is 12.1 Å². The first-order valence-corrected chi connectivity index (χ1v) is 6.09. The van der Waals surface area contributed by atoms with Crippen molar-refractivity contribution in [2.24, 2.45) is 0 Å². The van der Waals surface area contributed by atoms with E-state index in [1.165, 1.54) is 0 Å². The molecule has 1 heterocycles. The number of amides is 2. The number of para-hydroxylation sites is 2. The summed E-state index contributed by atoms with van der Waals surface area (Å²) < 4.78 is 5.38. The van der Waals surface area contributed by atoms with Crippen LogP contribution in [0.5, 0.6) is 5.75 Å². The molecule has 2 amide bonds. The second kappa shape index (κ2) is 4.65. The highest BCUT2D eigenvalue weighted by molar-refractivity contribution is 5.93. The van der Waals surface area contributed by atoms with Crippen LogP contribution in [0.3, 0.4) is 0 Å². The summed E-state index contributed by atoms with van der Waals surface area (Å²) in [6, 6.07) is 15.1. The Labute approximate surface area is 111 Å². The zero-order valence-corrected chi connectivity index (χ0v) is 10.5. The van der Waals surface area contributed by atoms with Gasteiger partial charge in [0.05, 0.1) is 13.2 Å². The van der Waals surface area contributed by atoms with Gasteiger partial charge < -0.3 is 15.4 Å². The van der Waals surface area contributed by atoms with Crippen molar-refractivity contribution < 1.29 is 9.53 Å². The smallest absolute Gasteiger partial charge is 0.320 e. The topological polar surface area (TPSA) is 50.4 Å². The summed E-state index contributed by atoms with van der Waals surface area (Å²) in [5.74, 6) is 0.768. The first-order chi connectivity index (χ1) is 9.29. The van der Waals surface area contributed by atoms with Crippen molar-refractivity contribution in [3.05, 3.63) is 59.7 Å². The van der Waals surface area contributed by atoms with Crippen molar-refractivity contribution in [2.45, 2.75) is 6.04 Å². The minimum Gasteiger partial charge on any atom is -0.496 e. The number of fused-ring (bicyclic) bond motifs is 1. The van der Waals surface area contributed by atoms with Crippen LogP contribution in [0.15, 0.2) is 48.5 Å². The molecule has 96 valence electrons. The quantitative estimate of drug-likeness (QED) is 0.865. The van der Waals surface area contributed by atoms with Crippen molar-refractivity contribution in [1.82, 2.24) is 5.32 Å². The average Bonchev–Trinajstić information content (AvgIpc) is 2.46. The van der Waals surface area contributed by atoms with Crippen LogP contribution < -0.4 is 15.4 Å². The number of benzene rings is 2. The van der Waals surface area contributed by atoms with Crippen molar-refractivity contribution in [3.8, 4) is 5.75 Å². The molecule has 3 rings (SSSR count). The van der Waals surface area contributed by atoms with E-state index in [2.05, 4.69) is 10.6 Å². The molecule has 0 aliphatic carbocycles. The third kappa shape index (κ3) is 2.01. The lowest BCUT2D eigenvalue weighted by Gasteiger charge is -2.28. The Bertz CT molecular complexity index is 625. The summed E-state index contributed by atoms with van der Waals surface area (Å²) in [6.45, 7) is 0. The summed E-state index contributed by atoms with van der Waals surface area (Å²) in [6.07, 6.45) is 0. The molecule has 1 unspecified atom stereocenters. The highest BCUT2D eigenvalue weighted by atomic mass is 16.5. The zero-order valence-electron chi connectivity index (χ0n) is 10.5. The Balaban J connectivity index is 2.13. The second-order valence-corrected chi connectivity index (χ2v) is 4.36. The lowest BCUT2D eigenvalue weighted by molar-refractivity contribution is 0.248. The molecular weight excluding hydrogens is 240 g/mol. The van der Waals surface area contributed by atoms with E-state index in [9.17, 15) is 4.79 Å². The molecule has 0 aromatic heterocycles. The van der Waals surface area contributed by atoms with E-state index < -0.39 is 0 Å². The van der Waals surface area contributed by atoms with E-state index in [4.69, 9.17) is 4.74 Å². The van der Waals surface area contributed by atoms with Gasteiger partial charge in [-0.15, -0.1) is 0 Å². The maximum atomic E-state index is 11.7. The molecule has 4 heteroatoms. The molecule has 1 aliphatic rings. The number of anilines is 1. The van der Waals surface area contributed by atoms with Gasteiger partial charge in [-0.2, -0.15) is 0 Å². The molecule has 2 aromatic rings. The molecule has 0 spiro atoms. The molecule has 1 atom stereocenters. The van der Waals surface area contributed by atoms with Crippen LogP contribution in [0.25, 0.3) is 0 Å². The molecular formula is C15H14N2O2. The predicted octanol–water partition coefficient (Wildman–Crippen LogP) is 2.92. The summed E-state index contributed by atoms with van der Waals surface area (Å²) in [5.41, 5.74) is 2.82. The van der Waals surface area contributed by atoms with Crippen molar-refractivity contribution in [3.63, 3.8) is 0 Å². The highest BCUT2D eigenvalue weighted by Crippen LogP contribution is 2.35. The highest BCUT2D eigenvalue weighted by Gasteiger charge is 2.26. The third-order valence-electron chi connectivity index (χ3n) is 3.25. The summed E-state index contributed by atoms with van der Waals surface area (Å²) >= 11 is 0. The summed E-state index contributed by atoms with van der Waals surface area (Å²) in [7, 11) is 1.63. The molecule has 0 saturated heterocycles. The number of hydrogen-bond acceptors (Lipinski definition) is 2. The molecule has 0 bridgehead atoms. The number of carbonyl (C=O) groups is 1. The summed E-state index contributed by atoms with van der Waals surface area (Å²) in [5, 5.41) is 5.74. The lowest BCUT2D eigenvalue weighted by Crippen LogP contribution is -2.38. The van der Waals surface area contributed by atoms with E-state index in [0.717, 1.165) is 22.6 Å². The van der Waals surface area contributed by atoms with Gasteiger partial charge in [-0.3, -0.25) is 0 Å². The lowest BCUT2D eigenvalue weighted by atomic mass is 9.95. The van der Waals surface area contributed by atoms with Crippen LogP contribution in [0.4, 0.5) is 10.5 Å². The molecule has 0 fully saturated rings. The zero-order chi connectivity index (χ0) is 13.2. The van der Waals surface area contributed by atoms with Gasteiger partial charge in [0.2, 0.25) is 0 Å². The Morgan fingerprint density at radius 1 is 1.00 bits per heavy atom. The number of methoxy groups -OCH3 is 1. The molecule has 4 nitrogen and oxygen atoms in total. The normalized spacial score (nSPS) is 17.1. The molecule has 0 saturated carbocycles. The fraction of sp³-hybridized carbons (Fsp3) is 0.133. The fourth-order valence-corrected chi connectivity index (χ4v) is 2.38. The number of hydrogen-bond donors (Lipinski definition) is 2. The van der Waals surface area contributed by atoms with Crippen molar-refractivity contribution in [1.29, 1.82) is 0 Å². The predicted molar refractivity (Wildman–Crippen MR) is 73.4 cm³/mol. The van der Waals surface area contributed by atoms with Gasteiger partial charge in [-0.1, -0.05) is 36.4 Å². The molecule has 0 radical (unpaired) electrons. The summed E-state index contributed by atoms with van der Waals surface area (Å²) in [4.78, 5) is 11.7. The molecule has 2 N–H and O–H groups in total. The third-order valence-corrected chi connectivity index (χ3v) is 3.25. The van der Waals surface area contributed by atoms with Crippen LogP contribution >= 0.6 is 0 Å². The molecule has 2 aromatic carbocycles. The van der Waals surface area contributed by atoms with E-state index >= 15 is 0 Å². The molecule has 19 heavy (non-hydrogen) atoms. The van der Waals surface area contributed by atoms with Gasteiger partial charge in [0.1, 0.15) is 5.75 Å². The largest absolute Gasteiger partial charge is 0.496 e. The van der Waals surface area contributed by atoms with Gasteiger partial charge in [0, 0.05) is 16.8 Å². The van der Waals surface area contributed by atoms with Gasteiger partial charge >= 0.3 is 6.03 Å². The van der Waals surface area contributed by atoms with Crippen LogP contribution in [0, 0.1) is 0 Å². The first-order valence-electron chi connectivity index (χ1n) is 6.09. The van der Waals surface area contributed by atoms with Crippen LogP contribution in [0.1, 0.15) is 17.2 Å². The number of rotatable bonds is 2. The number of ether oxygens (including phenoxy) is 1. The number of carbonyl (C=O) groups excluding carboxylic acids is 1. The van der Waals surface area contributed by atoms with Crippen molar-refractivity contribution >= 4 is 11.7 Å². The minimum atomic E-state index is -0.199. The number of urea groups is 1. The average molecular weight is 254 g/mol. The standard InChI is InChI=1S/C15H14N2O2/c1-19-13-9-5-3-7-11(13)14-10-6-2-4-8-12(10)16-15(18)17-14/h2-9,14H,1H3,(H2,16,17,18). The maximum Gasteiger partial charge on any atom is 0.320 e. The van der Waals surface area contributed by atoms with Gasteiger partial charge in [0.25, 0.3) is 0 Å². The van der Waals surface area contributed by atoms with Crippen molar-refractivity contribution in [2.75, 3.05) is 12.4 Å². The van der Waals surface area contributed by atoms with Crippen LogP contribution in [0.2, 0.25) is 0 Å². The van der Waals surface area contributed by atoms with E-state index in [1.807, 2.05) is 48.5 Å². The van der Waals surface area contributed by atoms with Crippen LogP contribution in [-0.4, -0.2) is 13.1 Å². The fourth-order valence-electron chi connectivity index (χ4n) is 2.38. The Hall–Kier alpha value is -2.49. The Kier molecular flexibility index (Phi) is 2.83. The molecule has 1 aliphatic heterocycles. The van der Waals surface area contributed by atoms with Gasteiger partial charge in [-0.05, 0) is 12.1 Å². The van der Waals surface area contributed by atoms with E-state index in [1.54, 1.807) is 7.11 Å². The Morgan fingerprint density at radius 2 is 1.68 bits per heavy atom. The van der Waals surface area contributed by atoms with E-state index in [0.29, 0.717) is 0 Å². The SMILES string of the molecule is COc1ccccc1C1NC(=O)Nc2ccccc21. The first kappa shape index (κ1) is 11.6. The minimum absolute atomic E-state index is 0.193. The van der Waals surface area contributed by atoms with Gasteiger partial charge in [-0.25, -0.2) is 4.79 Å². The Morgan fingerprint density at radius 3 is 2.47 bits per heavy atom. The van der Waals surface area contributed by atoms with Crippen LogP contribution in [-0.2, 0) is 0 Å². The maximum absolute atomic E-state index is 11.7.